The molecule has 0 atom stereocenters. The van der Waals surface area contributed by atoms with Crippen LogP contribution < -0.4 is 9.80 Å². The van der Waals surface area contributed by atoms with Crippen molar-refractivity contribution in [2.24, 2.45) is 0 Å². The van der Waals surface area contributed by atoms with Gasteiger partial charge in [0.1, 0.15) is 0 Å². The highest BCUT2D eigenvalue weighted by Gasteiger charge is 2.31. The molecule has 0 amide bonds. The van der Waals surface area contributed by atoms with Crippen LogP contribution in [0.4, 0.5) is 28.4 Å². The van der Waals surface area contributed by atoms with Gasteiger partial charge in [0.05, 0.1) is 5.54 Å². The normalized spacial score (nSPS) is 11.8. The number of rotatable bonds is 7. The largest absolute Gasteiger partial charge is 0.332 e. The van der Waals surface area contributed by atoms with Gasteiger partial charge in [-0.2, -0.15) is 0 Å². The van der Waals surface area contributed by atoms with Gasteiger partial charge in [-0.25, -0.2) is 0 Å². The molecule has 0 aliphatic heterocycles. The van der Waals surface area contributed by atoms with E-state index < -0.39 is 0 Å². The van der Waals surface area contributed by atoms with Crippen LogP contribution in [-0.4, -0.2) is 0 Å². The molecule has 6 aromatic carbocycles. The minimum Gasteiger partial charge on any atom is -0.332 e. The van der Waals surface area contributed by atoms with Gasteiger partial charge in [0.25, 0.3) is 0 Å². The van der Waals surface area contributed by atoms with Gasteiger partial charge in [0.15, 0.2) is 0 Å². The molecule has 2 nitrogen and oxygen atoms in total. The van der Waals surface area contributed by atoms with Crippen molar-refractivity contribution in [3.63, 3.8) is 0 Å². The topological polar surface area (TPSA) is 6.48 Å². The molecule has 0 heterocycles. The fourth-order valence-electron chi connectivity index (χ4n) is 5.97. The van der Waals surface area contributed by atoms with Gasteiger partial charge in [-0.05, 0) is 102 Å². The number of hydrogen-bond donors (Lipinski definition) is 0. The quantitative estimate of drug-likeness (QED) is 0.192. The van der Waals surface area contributed by atoms with Crippen LogP contribution >= 0.6 is 0 Å². The summed E-state index contributed by atoms with van der Waals surface area (Å²) in [5.41, 5.74) is 8.10. The summed E-state index contributed by atoms with van der Waals surface area (Å²) in [6.45, 7) is 11.4. The first-order valence-electron chi connectivity index (χ1n) is 15.1. The lowest BCUT2D eigenvalue weighted by Crippen LogP contribution is -2.38. The highest BCUT2D eigenvalue weighted by molar-refractivity contribution is 5.87. The first kappa shape index (κ1) is 28.3. The minimum absolute atomic E-state index is 0.111. The highest BCUT2D eigenvalue weighted by Crippen LogP contribution is 2.42. The van der Waals surface area contributed by atoms with Gasteiger partial charge in [0, 0.05) is 28.4 Å². The Morgan fingerprint density at radius 3 is 1.37 bits per heavy atom. The molecule has 43 heavy (non-hydrogen) atoms. The summed E-state index contributed by atoms with van der Waals surface area (Å²) in [4.78, 5) is 4.78. The van der Waals surface area contributed by atoms with Crippen molar-refractivity contribution in [3.8, 4) is 0 Å². The molecule has 0 radical (unpaired) electrons. The fourth-order valence-corrected chi connectivity index (χ4v) is 5.97. The van der Waals surface area contributed by atoms with Gasteiger partial charge in [-0.3, -0.25) is 0 Å². The van der Waals surface area contributed by atoms with Crippen LogP contribution in [0, 0.1) is 0 Å². The molecular weight excluding hydrogens is 520 g/mol. The Morgan fingerprint density at radius 1 is 0.372 bits per heavy atom. The summed E-state index contributed by atoms with van der Waals surface area (Å²) in [5, 5.41) is 2.48. The van der Waals surface area contributed by atoms with E-state index in [4.69, 9.17) is 0 Å². The monoisotopic (exact) mass is 560 g/mol. The third-order valence-electron chi connectivity index (χ3n) is 8.40. The van der Waals surface area contributed by atoms with Crippen LogP contribution in [0.15, 0.2) is 152 Å². The van der Waals surface area contributed by atoms with Crippen LogP contribution in [0.1, 0.15) is 45.7 Å². The standard InChI is InChI=1S/C41H40N2/c1-40(2,3)33-21-23-34(24-22-33)41(4,5)43(39-25-20-31-14-12-13-15-32(31)30-39)38-28-26-37(27-29-38)42(35-16-8-6-9-17-35)36-18-10-7-11-19-36/h6-30H,1-5H3. The van der Waals surface area contributed by atoms with Crippen molar-refractivity contribution in [3.05, 3.63) is 163 Å². The number of anilines is 5. The molecule has 0 saturated heterocycles. The highest BCUT2D eigenvalue weighted by atomic mass is 15.2. The Labute approximate surface area is 256 Å². The van der Waals surface area contributed by atoms with Gasteiger partial charge < -0.3 is 9.80 Å². The van der Waals surface area contributed by atoms with Crippen molar-refractivity contribution in [2.75, 3.05) is 9.80 Å². The molecule has 0 aliphatic carbocycles. The lowest BCUT2D eigenvalue weighted by Gasteiger charge is -2.41. The molecule has 0 saturated carbocycles. The summed E-state index contributed by atoms with van der Waals surface area (Å²) < 4.78 is 0. The maximum Gasteiger partial charge on any atom is 0.0646 e. The average molecular weight is 561 g/mol. The molecule has 2 heteroatoms. The molecule has 0 N–H and O–H groups in total. The smallest absolute Gasteiger partial charge is 0.0646 e. The summed E-state index contributed by atoms with van der Waals surface area (Å²) in [5.74, 6) is 0. The minimum atomic E-state index is -0.321. The third-order valence-corrected chi connectivity index (χ3v) is 8.40. The SMILES string of the molecule is CC(C)(C)c1ccc(C(C)(C)N(c2ccc(N(c3ccccc3)c3ccccc3)cc2)c2ccc3ccccc3c2)cc1. The van der Waals surface area contributed by atoms with Crippen LogP contribution in [0.5, 0.6) is 0 Å². The van der Waals surface area contributed by atoms with E-state index in [2.05, 4.69) is 196 Å². The number of fused-ring (bicyclic) bond motifs is 1. The molecule has 0 fully saturated rings. The van der Waals surface area contributed by atoms with Crippen molar-refractivity contribution in [1.29, 1.82) is 0 Å². The maximum absolute atomic E-state index is 2.48. The zero-order chi connectivity index (χ0) is 30.0. The third kappa shape index (κ3) is 5.79. The van der Waals surface area contributed by atoms with E-state index in [9.17, 15) is 0 Å². The Morgan fingerprint density at radius 2 is 0.814 bits per heavy atom. The Hall–Kier alpha value is -4.82. The van der Waals surface area contributed by atoms with E-state index in [0.717, 1.165) is 22.7 Å². The van der Waals surface area contributed by atoms with Gasteiger partial charge in [-0.15, -0.1) is 0 Å². The second-order valence-electron chi connectivity index (χ2n) is 12.8. The molecule has 6 aromatic rings. The van der Waals surface area contributed by atoms with Gasteiger partial charge in [0.2, 0.25) is 0 Å². The number of nitrogens with zero attached hydrogens (tertiary/aromatic N) is 2. The van der Waals surface area contributed by atoms with E-state index >= 15 is 0 Å². The predicted molar refractivity (Wildman–Crippen MR) is 185 cm³/mol. The molecule has 0 spiro atoms. The summed E-state index contributed by atoms with van der Waals surface area (Å²) in [6.07, 6.45) is 0. The first-order valence-corrected chi connectivity index (χ1v) is 15.1. The van der Waals surface area contributed by atoms with Crippen LogP contribution in [0.3, 0.4) is 0 Å². The van der Waals surface area contributed by atoms with E-state index in [1.807, 2.05) is 0 Å². The Balaban J connectivity index is 1.46. The lowest BCUT2D eigenvalue weighted by atomic mass is 9.84. The van der Waals surface area contributed by atoms with Crippen LogP contribution in [0.2, 0.25) is 0 Å². The second kappa shape index (κ2) is 11.5. The van der Waals surface area contributed by atoms with Gasteiger partial charge >= 0.3 is 0 Å². The Bertz CT molecular complexity index is 1760. The average Bonchev–Trinajstić information content (AvgIpc) is 3.03. The molecule has 0 unspecified atom stereocenters. The number of hydrogen-bond acceptors (Lipinski definition) is 2. The summed E-state index contributed by atoms with van der Waals surface area (Å²) in [7, 11) is 0. The molecule has 0 aliphatic rings. The predicted octanol–water partition coefficient (Wildman–Crippen LogP) is 11.7. The van der Waals surface area contributed by atoms with Crippen molar-refractivity contribution >= 4 is 39.2 Å². The lowest BCUT2D eigenvalue weighted by molar-refractivity contribution is 0.533. The maximum atomic E-state index is 2.48. The van der Waals surface area contributed by atoms with Crippen molar-refractivity contribution in [2.45, 2.75) is 45.6 Å². The number of benzene rings is 6. The fraction of sp³-hybridized carbons (Fsp3) is 0.171. The second-order valence-corrected chi connectivity index (χ2v) is 12.8. The van der Waals surface area contributed by atoms with Crippen LogP contribution in [-0.2, 0) is 11.0 Å². The number of para-hydroxylation sites is 2. The van der Waals surface area contributed by atoms with Crippen molar-refractivity contribution < 1.29 is 0 Å². The molecular formula is C41H40N2. The molecule has 0 bridgehead atoms. The molecule has 0 aromatic heterocycles. The molecule has 6 rings (SSSR count). The zero-order valence-corrected chi connectivity index (χ0v) is 25.8. The van der Waals surface area contributed by atoms with E-state index in [-0.39, 0.29) is 11.0 Å². The van der Waals surface area contributed by atoms with Gasteiger partial charge in [-0.1, -0.05) is 112 Å². The van der Waals surface area contributed by atoms with E-state index in [0.29, 0.717) is 0 Å². The van der Waals surface area contributed by atoms with Crippen molar-refractivity contribution in [1.82, 2.24) is 0 Å². The first-order chi connectivity index (χ1) is 20.7. The Kier molecular flexibility index (Phi) is 7.54. The summed E-state index contributed by atoms with van der Waals surface area (Å²) in [6, 6.07) is 54.7. The zero-order valence-electron chi connectivity index (χ0n) is 25.8. The van der Waals surface area contributed by atoms with E-state index in [1.54, 1.807) is 0 Å². The summed E-state index contributed by atoms with van der Waals surface area (Å²) >= 11 is 0. The van der Waals surface area contributed by atoms with E-state index in [1.165, 1.54) is 27.6 Å². The molecule has 214 valence electrons. The van der Waals surface area contributed by atoms with Crippen LogP contribution in [0.25, 0.3) is 10.8 Å².